The molecule has 0 radical (unpaired) electrons. The first-order valence-electron chi connectivity index (χ1n) is 5.40. The van der Waals surface area contributed by atoms with Gasteiger partial charge in [-0.3, -0.25) is 4.72 Å². The fourth-order valence-corrected chi connectivity index (χ4v) is 4.18. The van der Waals surface area contributed by atoms with Gasteiger partial charge in [0.1, 0.15) is 4.90 Å². The molecule has 102 valence electrons. The summed E-state index contributed by atoms with van der Waals surface area (Å²) < 4.78 is 27.0. The molecule has 1 aromatic carbocycles. The van der Waals surface area contributed by atoms with E-state index in [2.05, 4.69) is 4.72 Å². The van der Waals surface area contributed by atoms with E-state index in [4.69, 9.17) is 16.7 Å². The summed E-state index contributed by atoms with van der Waals surface area (Å²) in [5.41, 5.74) is 1.20. The van der Waals surface area contributed by atoms with Crippen molar-refractivity contribution in [3.05, 3.63) is 45.1 Å². The number of aryl methyl sites for hydroxylation is 1. The second-order valence-electron chi connectivity index (χ2n) is 3.93. The van der Waals surface area contributed by atoms with Gasteiger partial charge in [0.05, 0.1) is 17.2 Å². The maximum atomic E-state index is 12.2. The molecule has 4 nitrogen and oxygen atoms in total. The lowest BCUT2D eigenvalue weighted by Gasteiger charge is -2.11. The number of nitrogens with one attached hydrogen (secondary N) is 1. The van der Waals surface area contributed by atoms with Crippen LogP contribution in [0.15, 0.2) is 34.5 Å². The van der Waals surface area contributed by atoms with Gasteiger partial charge in [-0.25, -0.2) is 8.42 Å². The van der Waals surface area contributed by atoms with Crippen LogP contribution < -0.4 is 4.72 Å². The van der Waals surface area contributed by atoms with Gasteiger partial charge in [0.25, 0.3) is 10.0 Å². The largest absolute Gasteiger partial charge is 0.391 e. The molecule has 0 fully saturated rings. The van der Waals surface area contributed by atoms with E-state index in [0.29, 0.717) is 15.6 Å². The molecule has 19 heavy (non-hydrogen) atoms. The van der Waals surface area contributed by atoms with Gasteiger partial charge in [0, 0.05) is 5.02 Å². The van der Waals surface area contributed by atoms with Gasteiger partial charge in [-0.1, -0.05) is 17.7 Å². The normalized spacial score (nSPS) is 11.5. The number of aliphatic hydroxyl groups excluding tert-OH is 1. The summed E-state index contributed by atoms with van der Waals surface area (Å²) in [6, 6.07) is 6.46. The number of anilines is 1. The molecular formula is C12H12ClNO3S2. The predicted octanol–water partition coefficient (Wildman–Crippen LogP) is 3.00. The lowest BCUT2D eigenvalue weighted by molar-refractivity contribution is 0.282. The van der Waals surface area contributed by atoms with Crippen LogP contribution in [0, 0.1) is 6.92 Å². The van der Waals surface area contributed by atoms with Gasteiger partial charge in [-0.2, -0.15) is 0 Å². The topological polar surface area (TPSA) is 66.4 Å². The molecule has 0 spiro atoms. The highest BCUT2D eigenvalue weighted by Crippen LogP contribution is 2.27. The molecule has 2 aromatic rings. The average Bonchev–Trinajstić information content (AvgIpc) is 2.82. The molecule has 0 saturated carbocycles. The molecule has 0 aliphatic carbocycles. The Morgan fingerprint density at radius 3 is 2.79 bits per heavy atom. The Morgan fingerprint density at radius 1 is 1.37 bits per heavy atom. The van der Waals surface area contributed by atoms with Crippen LogP contribution in [0.5, 0.6) is 0 Å². The molecule has 0 unspecified atom stereocenters. The van der Waals surface area contributed by atoms with Crippen molar-refractivity contribution in [1.29, 1.82) is 0 Å². The van der Waals surface area contributed by atoms with E-state index in [9.17, 15) is 8.42 Å². The number of halogens is 1. The molecule has 2 rings (SSSR count). The number of sulfonamides is 1. The Labute approximate surface area is 120 Å². The quantitative estimate of drug-likeness (QED) is 0.911. The third kappa shape index (κ3) is 3.09. The molecule has 0 atom stereocenters. The maximum absolute atomic E-state index is 12.2. The van der Waals surface area contributed by atoms with Gasteiger partial charge in [0.2, 0.25) is 0 Å². The molecule has 1 heterocycles. The van der Waals surface area contributed by atoms with Crippen LogP contribution in [0.1, 0.15) is 10.4 Å². The molecule has 0 amide bonds. The predicted molar refractivity (Wildman–Crippen MR) is 77.2 cm³/mol. The first-order valence-corrected chi connectivity index (χ1v) is 8.14. The second kappa shape index (κ2) is 5.50. The first kappa shape index (κ1) is 14.3. The van der Waals surface area contributed by atoms with Crippen LogP contribution in [-0.2, 0) is 16.6 Å². The van der Waals surface area contributed by atoms with Gasteiger partial charge in [0.15, 0.2) is 0 Å². The van der Waals surface area contributed by atoms with Crippen molar-refractivity contribution in [3.8, 4) is 0 Å². The van der Waals surface area contributed by atoms with Crippen molar-refractivity contribution in [2.75, 3.05) is 4.72 Å². The average molecular weight is 318 g/mol. The Balaban J connectivity index is 2.39. The Bertz CT molecular complexity index is 695. The smallest absolute Gasteiger partial charge is 0.263 e. The number of hydrogen-bond donors (Lipinski definition) is 2. The standard InChI is InChI=1S/C12H12ClNO3S2/c1-8-2-3-9(13)6-10(8)14-19(16,17)12-4-5-18-11(12)7-15/h2-6,14-15H,7H2,1H3. The van der Waals surface area contributed by atoms with Crippen LogP contribution in [-0.4, -0.2) is 13.5 Å². The van der Waals surface area contributed by atoms with E-state index in [-0.39, 0.29) is 11.5 Å². The lowest BCUT2D eigenvalue weighted by atomic mass is 10.2. The molecule has 0 aliphatic heterocycles. The van der Waals surface area contributed by atoms with E-state index in [1.165, 1.54) is 17.4 Å². The maximum Gasteiger partial charge on any atom is 0.263 e. The first-order chi connectivity index (χ1) is 8.94. The summed E-state index contributed by atoms with van der Waals surface area (Å²) in [4.78, 5) is 0.506. The van der Waals surface area contributed by atoms with E-state index >= 15 is 0 Å². The van der Waals surface area contributed by atoms with Crippen molar-refractivity contribution in [2.24, 2.45) is 0 Å². The lowest BCUT2D eigenvalue weighted by Crippen LogP contribution is -2.14. The second-order valence-corrected chi connectivity index (χ2v) is 7.02. The number of thiophene rings is 1. The Kier molecular flexibility index (Phi) is 4.15. The Hall–Kier alpha value is -1.08. The van der Waals surface area contributed by atoms with Gasteiger partial charge in [-0.15, -0.1) is 11.3 Å². The molecule has 7 heteroatoms. The summed E-state index contributed by atoms with van der Waals surface area (Å²) in [7, 11) is -3.71. The molecule has 0 saturated heterocycles. The van der Waals surface area contributed by atoms with Gasteiger partial charge in [-0.05, 0) is 36.1 Å². The summed E-state index contributed by atoms with van der Waals surface area (Å²) >= 11 is 7.06. The molecule has 2 N–H and O–H groups in total. The Morgan fingerprint density at radius 2 is 2.11 bits per heavy atom. The zero-order valence-electron chi connectivity index (χ0n) is 10.1. The van der Waals surface area contributed by atoms with Crippen molar-refractivity contribution in [2.45, 2.75) is 18.4 Å². The minimum absolute atomic E-state index is 0.0966. The van der Waals surface area contributed by atoms with Crippen molar-refractivity contribution in [3.63, 3.8) is 0 Å². The third-order valence-electron chi connectivity index (χ3n) is 2.58. The van der Waals surface area contributed by atoms with Crippen molar-refractivity contribution in [1.82, 2.24) is 0 Å². The fraction of sp³-hybridized carbons (Fsp3) is 0.167. The molecular weight excluding hydrogens is 306 g/mol. The minimum Gasteiger partial charge on any atom is -0.391 e. The van der Waals surface area contributed by atoms with E-state index in [1.807, 2.05) is 0 Å². The third-order valence-corrected chi connectivity index (χ3v) is 5.30. The summed E-state index contributed by atoms with van der Waals surface area (Å²) in [6.07, 6.45) is 0. The van der Waals surface area contributed by atoms with Crippen LogP contribution in [0.2, 0.25) is 5.02 Å². The van der Waals surface area contributed by atoms with Crippen molar-refractivity contribution < 1.29 is 13.5 Å². The molecule has 0 aliphatic rings. The highest BCUT2D eigenvalue weighted by molar-refractivity contribution is 7.93. The number of benzene rings is 1. The summed E-state index contributed by atoms with van der Waals surface area (Å²) in [5, 5.41) is 11.2. The van der Waals surface area contributed by atoms with E-state index < -0.39 is 10.0 Å². The minimum atomic E-state index is -3.71. The zero-order valence-corrected chi connectivity index (χ0v) is 12.4. The molecule has 1 aromatic heterocycles. The summed E-state index contributed by atoms with van der Waals surface area (Å²) in [5.74, 6) is 0. The van der Waals surface area contributed by atoms with Crippen LogP contribution in [0.25, 0.3) is 0 Å². The molecule has 0 bridgehead atoms. The van der Waals surface area contributed by atoms with Crippen molar-refractivity contribution >= 4 is 38.6 Å². The monoisotopic (exact) mass is 317 g/mol. The zero-order chi connectivity index (χ0) is 14.0. The number of hydrogen-bond acceptors (Lipinski definition) is 4. The van der Waals surface area contributed by atoms with Crippen LogP contribution >= 0.6 is 22.9 Å². The van der Waals surface area contributed by atoms with E-state index in [0.717, 1.165) is 5.56 Å². The van der Waals surface area contributed by atoms with Gasteiger partial charge >= 0.3 is 0 Å². The fourth-order valence-electron chi connectivity index (χ4n) is 1.59. The van der Waals surface area contributed by atoms with E-state index in [1.54, 1.807) is 30.5 Å². The van der Waals surface area contributed by atoms with Crippen LogP contribution in [0.4, 0.5) is 5.69 Å². The number of rotatable bonds is 4. The highest BCUT2D eigenvalue weighted by atomic mass is 35.5. The SMILES string of the molecule is Cc1ccc(Cl)cc1NS(=O)(=O)c1ccsc1CO. The number of aliphatic hydroxyl groups is 1. The summed E-state index contributed by atoms with van der Waals surface area (Å²) in [6.45, 7) is 1.48. The van der Waals surface area contributed by atoms with Gasteiger partial charge < -0.3 is 5.11 Å². The highest BCUT2D eigenvalue weighted by Gasteiger charge is 2.20. The van der Waals surface area contributed by atoms with Crippen LogP contribution in [0.3, 0.4) is 0 Å².